The standard InChI is InChI=1S/C28H34N4O3.ClH/c1-27(2,29)26(35)31-24(15-19-17-30-23-8-7-20(33)16-21(19)23)25(34)32-13-11-28(12-14-32)10-9-18-5-3-4-6-22(18)28;/h3-8,16-17,24,30,33H,9-15,29H2,1-2H3,(H,31,35);1H/t24-;/m1./s1. The Labute approximate surface area is 217 Å². The number of amides is 2. The number of benzene rings is 2. The number of aromatic hydroxyl groups is 1. The monoisotopic (exact) mass is 510 g/mol. The van der Waals surface area contributed by atoms with Crippen LogP contribution in [-0.2, 0) is 27.8 Å². The number of carbonyl (C=O) groups is 2. The SMILES string of the molecule is CC(C)(N)C(=O)N[C@H](Cc1c[nH]c2ccc(O)cc12)C(=O)N1CCC2(CCc3ccccc32)CC1.Cl. The second-order valence-electron chi connectivity index (χ2n) is 10.8. The van der Waals surface area contributed by atoms with Crippen molar-refractivity contribution >= 4 is 35.1 Å². The molecule has 8 heteroatoms. The van der Waals surface area contributed by atoms with Gasteiger partial charge in [-0.3, -0.25) is 9.59 Å². The van der Waals surface area contributed by atoms with Gasteiger partial charge in [0.1, 0.15) is 11.8 Å². The molecular formula is C28H35ClN4O3. The first-order valence-electron chi connectivity index (χ1n) is 12.4. The van der Waals surface area contributed by atoms with Crippen molar-refractivity contribution in [3.63, 3.8) is 0 Å². The van der Waals surface area contributed by atoms with Crippen molar-refractivity contribution in [1.29, 1.82) is 0 Å². The number of aryl methyl sites for hydroxylation is 1. The first kappa shape index (κ1) is 26.0. The first-order chi connectivity index (χ1) is 16.7. The highest BCUT2D eigenvalue weighted by Crippen LogP contribution is 2.46. The van der Waals surface area contributed by atoms with E-state index in [1.807, 2.05) is 11.1 Å². The zero-order valence-corrected chi connectivity index (χ0v) is 21.7. The molecule has 5 rings (SSSR count). The third-order valence-electron chi connectivity index (χ3n) is 7.86. The third kappa shape index (κ3) is 4.82. The number of likely N-dealkylation sites (tertiary alicyclic amines) is 1. The van der Waals surface area contributed by atoms with Gasteiger partial charge in [-0.25, -0.2) is 0 Å². The fourth-order valence-corrected chi connectivity index (χ4v) is 5.76. The Morgan fingerprint density at radius 3 is 2.61 bits per heavy atom. The summed E-state index contributed by atoms with van der Waals surface area (Å²) < 4.78 is 0. The predicted molar refractivity (Wildman–Crippen MR) is 143 cm³/mol. The Bertz CT molecular complexity index is 1270. The molecule has 0 bridgehead atoms. The summed E-state index contributed by atoms with van der Waals surface area (Å²) in [6.45, 7) is 4.60. The molecule has 3 aromatic rings. The van der Waals surface area contributed by atoms with Gasteiger partial charge in [-0.2, -0.15) is 0 Å². The minimum atomic E-state index is -1.10. The number of halogens is 1. The number of phenolic OH excluding ortho intramolecular Hbond substituents is 1. The molecule has 1 spiro atoms. The number of nitrogens with zero attached hydrogens (tertiary/aromatic N) is 1. The summed E-state index contributed by atoms with van der Waals surface area (Å²) in [4.78, 5) is 31.6. The van der Waals surface area contributed by atoms with E-state index in [1.165, 1.54) is 11.1 Å². The molecule has 1 aromatic heterocycles. The number of aromatic nitrogens is 1. The highest BCUT2D eigenvalue weighted by molar-refractivity contribution is 5.92. The molecule has 1 fully saturated rings. The topological polar surface area (TPSA) is 111 Å². The van der Waals surface area contributed by atoms with Crippen molar-refractivity contribution in [2.45, 2.75) is 62.9 Å². The highest BCUT2D eigenvalue weighted by Gasteiger charge is 2.42. The Morgan fingerprint density at radius 1 is 1.17 bits per heavy atom. The second kappa shape index (κ2) is 9.79. The molecule has 1 aliphatic carbocycles. The zero-order valence-electron chi connectivity index (χ0n) is 20.8. The molecule has 1 aliphatic heterocycles. The molecule has 36 heavy (non-hydrogen) atoms. The zero-order chi connectivity index (χ0) is 24.8. The minimum absolute atomic E-state index is 0. The number of piperidine rings is 1. The maximum atomic E-state index is 13.7. The van der Waals surface area contributed by atoms with Gasteiger partial charge in [-0.05, 0) is 79.8 Å². The van der Waals surface area contributed by atoms with Crippen molar-refractivity contribution in [3.8, 4) is 5.75 Å². The average Bonchev–Trinajstić information content (AvgIpc) is 3.39. The van der Waals surface area contributed by atoms with E-state index < -0.39 is 11.6 Å². The van der Waals surface area contributed by atoms with Gasteiger partial charge >= 0.3 is 0 Å². The predicted octanol–water partition coefficient (Wildman–Crippen LogP) is 3.57. The number of carbonyl (C=O) groups excluding carboxylic acids is 2. The summed E-state index contributed by atoms with van der Waals surface area (Å²) in [5.74, 6) is -0.290. The summed E-state index contributed by atoms with van der Waals surface area (Å²) in [5, 5.41) is 13.7. The van der Waals surface area contributed by atoms with E-state index in [2.05, 4.69) is 34.6 Å². The number of fused-ring (bicyclic) bond motifs is 3. The Balaban J connectivity index is 0.00000304. The van der Waals surface area contributed by atoms with Crippen LogP contribution >= 0.6 is 12.4 Å². The molecule has 1 saturated heterocycles. The van der Waals surface area contributed by atoms with E-state index in [9.17, 15) is 14.7 Å². The maximum absolute atomic E-state index is 13.7. The number of hydrogen-bond acceptors (Lipinski definition) is 4. The van der Waals surface area contributed by atoms with Gasteiger partial charge in [0.05, 0.1) is 5.54 Å². The van der Waals surface area contributed by atoms with Gasteiger partial charge in [-0.15, -0.1) is 12.4 Å². The van der Waals surface area contributed by atoms with Crippen LogP contribution in [0, 0.1) is 0 Å². The van der Waals surface area contributed by atoms with Gasteiger partial charge in [-0.1, -0.05) is 24.3 Å². The van der Waals surface area contributed by atoms with Gasteiger partial charge in [0, 0.05) is 36.6 Å². The molecule has 5 N–H and O–H groups in total. The lowest BCUT2D eigenvalue weighted by Crippen LogP contribution is -2.58. The molecule has 0 unspecified atom stereocenters. The maximum Gasteiger partial charge on any atom is 0.245 e. The van der Waals surface area contributed by atoms with Crippen LogP contribution < -0.4 is 11.1 Å². The molecule has 1 atom stereocenters. The van der Waals surface area contributed by atoms with Crippen LogP contribution in [0.2, 0.25) is 0 Å². The average molecular weight is 511 g/mol. The molecule has 0 saturated carbocycles. The van der Waals surface area contributed by atoms with Crippen molar-refractivity contribution in [3.05, 3.63) is 65.4 Å². The quantitative estimate of drug-likeness (QED) is 0.420. The van der Waals surface area contributed by atoms with E-state index in [1.54, 1.807) is 32.0 Å². The third-order valence-corrected chi connectivity index (χ3v) is 7.86. The molecule has 192 valence electrons. The fraction of sp³-hybridized carbons (Fsp3) is 0.429. The molecule has 2 aliphatic rings. The van der Waals surface area contributed by atoms with Crippen LogP contribution in [0.5, 0.6) is 5.75 Å². The lowest BCUT2D eigenvalue weighted by Gasteiger charge is -2.41. The summed E-state index contributed by atoms with van der Waals surface area (Å²) >= 11 is 0. The van der Waals surface area contributed by atoms with Crippen molar-refractivity contribution < 1.29 is 14.7 Å². The number of phenols is 1. The number of H-pyrrole nitrogens is 1. The molecule has 7 nitrogen and oxygen atoms in total. The molecule has 2 amide bonds. The Morgan fingerprint density at radius 2 is 1.89 bits per heavy atom. The minimum Gasteiger partial charge on any atom is -0.508 e. The van der Waals surface area contributed by atoms with Gasteiger partial charge in [0.25, 0.3) is 0 Å². The lowest BCUT2D eigenvalue weighted by atomic mass is 9.73. The number of rotatable bonds is 5. The van der Waals surface area contributed by atoms with Crippen LogP contribution in [0.1, 0.15) is 49.8 Å². The second-order valence-corrected chi connectivity index (χ2v) is 10.8. The van der Waals surface area contributed by atoms with Crippen LogP contribution in [0.3, 0.4) is 0 Å². The molecule has 2 aromatic carbocycles. The first-order valence-corrected chi connectivity index (χ1v) is 12.4. The highest BCUT2D eigenvalue weighted by atomic mass is 35.5. The smallest absolute Gasteiger partial charge is 0.245 e. The van der Waals surface area contributed by atoms with Crippen molar-refractivity contribution in [2.24, 2.45) is 5.73 Å². The molecule has 2 heterocycles. The lowest BCUT2D eigenvalue weighted by molar-refractivity contribution is -0.138. The van der Waals surface area contributed by atoms with Crippen molar-refractivity contribution in [1.82, 2.24) is 15.2 Å². The van der Waals surface area contributed by atoms with E-state index in [0.29, 0.717) is 19.5 Å². The van der Waals surface area contributed by atoms with Gasteiger partial charge in [0.2, 0.25) is 11.8 Å². The number of hydrogen-bond donors (Lipinski definition) is 4. The van der Waals surface area contributed by atoms with Crippen molar-refractivity contribution in [2.75, 3.05) is 13.1 Å². The normalized spacial score (nSPS) is 17.5. The van der Waals surface area contributed by atoms with Crippen LogP contribution in [0.4, 0.5) is 0 Å². The van der Waals surface area contributed by atoms with Crippen LogP contribution in [0.25, 0.3) is 10.9 Å². The van der Waals surface area contributed by atoms with Gasteiger partial charge in [0.15, 0.2) is 0 Å². The largest absolute Gasteiger partial charge is 0.508 e. The van der Waals surface area contributed by atoms with E-state index in [0.717, 1.165) is 42.1 Å². The van der Waals surface area contributed by atoms with Crippen LogP contribution in [0.15, 0.2) is 48.7 Å². The summed E-state index contributed by atoms with van der Waals surface area (Å²) in [6, 6.07) is 13.1. The number of nitrogens with one attached hydrogen (secondary N) is 2. The van der Waals surface area contributed by atoms with E-state index >= 15 is 0 Å². The fourth-order valence-electron chi connectivity index (χ4n) is 5.76. The van der Waals surface area contributed by atoms with E-state index in [-0.39, 0.29) is 35.4 Å². The number of nitrogens with two attached hydrogens (primary N) is 1. The molecule has 0 radical (unpaired) electrons. The Kier molecular flexibility index (Phi) is 7.08. The van der Waals surface area contributed by atoms with Gasteiger partial charge < -0.3 is 26.0 Å². The van der Waals surface area contributed by atoms with E-state index in [4.69, 9.17) is 5.73 Å². The summed E-state index contributed by atoms with van der Waals surface area (Å²) in [7, 11) is 0. The number of aromatic amines is 1. The molecular weight excluding hydrogens is 476 g/mol. The summed E-state index contributed by atoms with van der Waals surface area (Å²) in [5.41, 5.74) is 9.70. The van der Waals surface area contributed by atoms with Crippen LogP contribution in [-0.4, -0.2) is 51.5 Å². The Hall–Kier alpha value is -3.03. The summed E-state index contributed by atoms with van der Waals surface area (Å²) in [6.07, 6.45) is 6.25.